The molecule has 1 aromatic carbocycles. The van der Waals surface area contributed by atoms with Gasteiger partial charge < -0.3 is 33.7 Å². The van der Waals surface area contributed by atoms with Crippen molar-refractivity contribution in [2.45, 2.75) is 69.8 Å². The molecule has 2 aromatic rings. The third kappa shape index (κ3) is 8.19. The molecular formula is C30H36N2O10. The first-order valence-electron chi connectivity index (χ1n) is 14.0. The van der Waals surface area contributed by atoms with Crippen LogP contribution in [0.3, 0.4) is 0 Å². The van der Waals surface area contributed by atoms with Crippen LogP contribution in [0.4, 0.5) is 0 Å². The van der Waals surface area contributed by atoms with Gasteiger partial charge >= 0.3 is 17.9 Å². The molecule has 1 N–H and O–H groups in total. The molecule has 1 aliphatic heterocycles. The topological polar surface area (TPSA) is 149 Å². The maximum absolute atomic E-state index is 13.4. The summed E-state index contributed by atoms with van der Waals surface area (Å²) in [7, 11) is 2.81. The van der Waals surface area contributed by atoms with Crippen molar-refractivity contribution in [3.8, 4) is 17.2 Å². The van der Waals surface area contributed by atoms with E-state index in [-0.39, 0.29) is 48.5 Å². The summed E-state index contributed by atoms with van der Waals surface area (Å²) in [5.74, 6) is -2.07. The maximum Gasteiger partial charge on any atom is 0.329 e. The number of carbonyl (C=O) groups is 4. The van der Waals surface area contributed by atoms with Gasteiger partial charge in [0.2, 0.25) is 5.75 Å². The normalized spacial score (nSPS) is 22.4. The van der Waals surface area contributed by atoms with Crippen LogP contribution in [0.15, 0.2) is 42.6 Å². The number of hydrogen-bond donors (Lipinski definition) is 1. The fourth-order valence-corrected chi connectivity index (χ4v) is 4.52. The smallest absolute Gasteiger partial charge is 0.329 e. The number of ether oxygens (including phenoxy) is 6. The number of amides is 1. The molecule has 2 fully saturated rings. The number of pyridine rings is 1. The lowest BCUT2D eigenvalue weighted by atomic mass is 10.0. The second-order valence-corrected chi connectivity index (χ2v) is 10.2. The highest BCUT2D eigenvalue weighted by Gasteiger charge is 2.41. The van der Waals surface area contributed by atoms with Crippen molar-refractivity contribution >= 4 is 23.8 Å². The molecule has 12 heteroatoms. The predicted molar refractivity (Wildman–Crippen MR) is 147 cm³/mol. The highest BCUT2D eigenvalue weighted by molar-refractivity contribution is 5.98. The molecule has 1 amide bonds. The van der Waals surface area contributed by atoms with Crippen LogP contribution in [0.5, 0.6) is 17.2 Å². The summed E-state index contributed by atoms with van der Waals surface area (Å²) >= 11 is 0. The van der Waals surface area contributed by atoms with Crippen molar-refractivity contribution in [1.29, 1.82) is 0 Å². The van der Waals surface area contributed by atoms with Crippen LogP contribution in [0.2, 0.25) is 0 Å². The molecule has 4 atom stereocenters. The molecule has 0 spiro atoms. The number of esters is 3. The molecule has 0 bridgehead atoms. The number of nitrogens with zero attached hydrogens (tertiary/aromatic N) is 1. The van der Waals surface area contributed by atoms with Gasteiger partial charge in [-0.3, -0.25) is 14.4 Å². The Morgan fingerprint density at radius 1 is 1.05 bits per heavy atom. The summed E-state index contributed by atoms with van der Waals surface area (Å²) in [4.78, 5) is 55.6. The average Bonchev–Trinajstić information content (AvgIpc) is 3.83. The van der Waals surface area contributed by atoms with Gasteiger partial charge in [0.25, 0.3) is 5.91 Å². The zero-order valence-corrected chi connectivity index (χ0v) is 23.9. The van der Waals surface area contributed by atoms with Crippen LogP contribution >= 0.6 is 0 Å². The Hall–Kier alpha value is -4.19. The number of aromatic nitrogens is 1. The van der Waals surface area contributed by atoms with E-state index >= 15 is 0 Å². The summed E-state index contributed by atoms with van der Waals surface area (Å²) in [6.45, 7) is 1.76. The van der Waals surface area contributed by atoms with Gasteiger partial charge in [0.15, 0.2) is 17.5 Å². The Morgan fingerprint density at radius 2 is 1.81 bits per heavy atom. The van der Waals surface area contributed by atoms with E-state index in [4.69, 9.17) is 28.4 Å². The van der Waals surface area contributed by atoms with Crippen LogP contribution in [0, 0.1) is 5.92 Å². The van der Waals surface area contributed by atoms with E-state index in [2.05, 4.69) is 10.3 Å². The van der Waals surface area contributed by atoms with Crippen LogP contribution in [-0.4, -0.2) is 74.0 Å². The lowest BCUT2D eigenvalue weighted by Gasteiger charge is -2.31. The number of rotatable bonds is 11. The number of nitrogens with one attached hydrogen (secondary N) is 1. The van der Waals surface area contributed by atoms with E-state index in [9.17, 15) is 19.2 Å². The summed E-state index contributed by atoms with van der Waals surface area (Å²) in [5, 5.41) is 2.66. The number of benzene rings is 1. The van der Waals surface area contributed by atoms with Crippen molar-refractivity contribution in [3.05, 3.63) is 48.3 Å². The molecule has 1 aliphatic carbocycles. The Balaban J connectivity index is 1.52. The molecule has 1 aromatic heterocycles. The number of hydrogen-bond acceptors (Lipinski definition) is 11. The van der Waals surface area contributed by atoms with Crippen LogP contribution in [0.25, 0.3) is 0 Å². The van der Waals surface area contributed by atoms with Gasteiger partial charge in [-0.15, -0.1) is 0 Å². The average molecular weight is 585 g/mol. The number of carbonyl (C=O) groups excluding carboxylic acids is 4. The van der Waals surface area contributed by atoms with Gasteiger partial charge in [-0.2, -0.15) is 0 Å². The van der Waals surface area contributed by atoms with Gasteiger partial charge in [-0.05, 0) is 51.2 Å². The maximum atomic E-state index is 13.4. The second-order valence-electron chi connectivity index (χ2n) is 10.2. The van der Waals surface area contributed by atoms with Crippen molar-refractivity contribution in [2.24, 2.45) is 5.92 Å². The Kier molecular flexibility index (Phi) is 10.7. The first kappa shape index (κ1) is 30.8. The highest BCUT2D eigenvalue weighted by Crippen LogP contribution is 2.33. The van der Waals surface area contributed by atoms with E-state index in [1.54, 1.807) is 19.1 Å². The van der Waals surface area contributed by atoms with Crippen LogP contribution in [0.1, 0.15) is 55.9 Å². The van der Waals surface area contributed by atoms with E-state index < -0.39 is 42.2 Å². The van der Waals surface area contributed by atoms with Crippen molar-refractivity contribution in [2.75, 3.05) is 20.8 Å². The van der Waals surface area contributed by atoms with Gasteiger partial charge in [0, 0.05) is 19.4 Å². The second kappa shape index (κ2) is 14.6. The zero-order valence-electron chi connectivity index (χ0n) is 23.9. The third-order valence-corrected chi connectivity index (χ3v) is 6.93. The van der Waals surface area contributed by atoms with Crippen molar-refractivity contribution < 1.29 is 47.6 Å². The zero-order chi connectivity index (χ0) is 30.1. The molecular weight excluding hydrogens is 548 g/mol. The van der Waals surface area contributed by atoms with E-state index in [1.165, 1.54) is 26.5 Å². The SMILES string of the molecule is COCCC(=O)Oc1c(OC)ccnc1C(=O)NC1CCCC(Oc2ccccc2)C(OC(=O)C2CC2)C(C)OC1=O. The Bertz CT molecular complexity index is 1250. The summed E-state index contributed by atoms with van der Waals surface area (Å²) in [6, 6.07) is 9.52. The van der Waals surface area contributed by atoms with Crippen LogP contribution < -0.4 is 19.5 Å². The molecule has 4 rings (SSSR count). The molecule has 1 saturated heterocycles. The Labute approximate surface area is 244 Å². The fraction of sp³-hybridized carbons (Fsp3) is 0.500. The first-order chi connectivity index (χ1) is 20.3. The van der Waals surface area contributed by atoms with E-state index in [1.807, 2.05) is 18.2 Å². The Morgan fingerprint density at radius 3 is 2.50 bits per heavy atom. The van der Waals surface area contributed by atoms with Gasteiger partial charge in [0.1, 0.15) is 24.0 Å². The summed E-state index contributed by atoms with van der Waals surface area (Å²) < 4.78 is 33.3. The quantitative estimate of drug-likeness (QED) is 0.389. The number of methoxy groups -OCH3 is 2. The molecule has 42 heavy (non-hydrogen) atoms. The minimum Gasteiger partial charge on any atom is -0.493 e. The van der Waals surface area contributed by atoms with Gasteiger partial charge in [-0.25, -0.2) is 9.78 Å². The molecule has 12 nitrogen and oxygen atoms in total. The third-order valence-electron chi connectivity index (χ3n) is 6.93. The van der Waals surface area contributed by atoms with E-state index in [0.717, 1.165) is 12.8 Å². The lowest BCUT2D eigenvalue weighted by Crippen LogP contribution is -2.47. The standard InChI is InChI=1S/C30H36N2O10/c1-18-26(42-29(35)19-12-13-19)23(40-20-8-5-4-6-9-20)11-7-10-21(30(36)39-18)32-28(34)25-27(22(38-3)14-16-31-25)41-24(33)15-17-37-2/h4-6,8-9,14,16,18-19,21,23,26H,7,10-13,15,17H2,1-3H3,(H,32,34). The number of cyclic esters (lactones) is 1. The van der Waals surface area contributed by atoms with Crippen LogP contribution in [-0.2, 0) is 28.6 Å². The molecule has 1 saturated carbocycles. The molecule has 226 valence electrons. The lowest BCUT2D eigenvalue weighted by molar-refractivity contribution is -0.175. The largest absolute Gasteiger partial charge is 0.493 e. The minimum atomic E-state index is -1.06. The summed E-state index contributed by atoms with van der Waals surface area (Å²) in [5.41, 5.74) is -0.234. The monoisotopic (exact) mass is 584 g/mol. The van der Waals surface area contributed by atoms with Crippen molar-refractivity contribution in [3.63, 3.8) is 0 Å². The minimum absolute atomic E-state index is 0.0544. The highest BCUT2D eigenvalue weighted by atomic mass is 16.6. The predicted octanol–water partition coefficient (Wildman–Crippen LogP) is 3.02. The molecule has 2 aliphatic rings. The number of para-hydroxylation sites is 1. The summed E-state index contributed by atoms with van der Waals surface area (Å²) in [6.07, 6.45) is 1.56. The van der Waals surface area contributed by atoms with E-state index in [0.29, 0.717) is 18.6 Å². The molecule has 4 unspecified atom stereocenters. The van der Waals surface area contributed by atoms with Gasteiger partial charge in [0.05, 0.1) is 26.1 Å². The molecule has 0 radical (unpaired) electrons. The first-order valence-corrected chi connectivity index (χ1v) is 14.0. The van der Waals surface area contributed by atoms with Crippen molar-refractivity contribution in [1.82, 2.24) is 10.3 Å². The van der Waals surface area contributed by atoms with Gasteiger partial charge in [-0.1, -0.05) is 18.2 Å². The molecule has 2 heterocycles. The fourth-order valence-electron chi connectivity index (χ4n) is 4.52.